The van der Waals surface area contributed by atoms with E-state index >= 15 is 0 Å². The number of amides is 2. The molecular weight excluding hydrogens is 268 g/mol. The van der Waals surface area contributed by atoms with E-state index in [2.05, 4.69) is 10.6 Å². The number of carboxylic acids is 1. The Bertz CT molecular complexity index is 314. The smallest absolute Gasteiger partial charge is 0.326 e. The second-order valence-electron chi connectivity index (χ2n) is 4.75. The van der Waals surface area contributed by atoms with Gasteiger partial charge >= 0.3 is 12.0 Å². The fourth-order valence-corrected chi connectivity index (χ4v) is 2.61. The Hall–Kier alpha value is -0.950. The Morgan fingerprint density at radius 1 is 1.37 bits per heavy atom. The van der Waals surface area contributed by atoms with Crippen molar-refractivity contribution in [1.29, 1.82) is 0 Å². The van der Waals surface area contributed by atoms with Gasteiger partial charge in [-0.3, -0.25) is 0 Å². The van der Waals surface area contributed by atoms with Gasteiger partial charge in [-0.1, -0.05) is 12.8 Å². The molecule has 0 spiro atoms. The van der Waals surface area contributed by atoms with Crippen molar-refractivity contribution in [2.24, 2.45) is 0 Å². The molecule has 1 fully saturated rings. The second kappa shape index (κ2) is 8.27. The van der Waals surface area contributed by atoms with Gasteiger partial charge < -0.3 is 20.8 Å². The molecule has 0 bridgehead atoms. The van der Waals surface area contributed by atoms with E-state index in [0.29, 0.717) is 18.6 Å². The van der Waals surface area contributed by atoms with Crippen molar-refractivity contribution in [3.8, 4) is 0 Å². The van der Waals surface area contributed by atoms with Crippen molar-refractivity contribution in [3.63, 3.8) is 0 Å². The van der Waals surface area contributed by atoms with Crippen molar-refractivity contribution in [2.45, 2.75) is 50.3 Å². The van der Waals surface area contributed by atoms with E-state index in [1.54, 1.807) is 0 Å². The minimum atomic E-state index is -1.03. The van der Waals surface area contributed by atoms with Gasteiger partial charge in [-0.2, -0.15) is 11.8 Å². The lowest BCUT2D eigenvalue weighted by molar-refractivity contribution is -0.139. The molecule has 0 aromatic rings. The summed E-state index contributed by atoms with van der Waals surface area (Å²) in [5, 5.41) is 23.9. The summed E-state index contributed by atoms with van der Waals surface area (Å²) in [5.41, 5.74) is 0. The number of aliphatic hydroxyl groups is 1. The number of carbonyl (C=O) groups excluding carboxylic acids is 1. The normalized spacial score (nSPS) is 24.5. The summed E-state index contributed by atoms with van der Waals surface area (Å²) in [4.78, 5) is 22.7. The fraction of sp³-hybridized carbons (Fsp3) is 0.833. The van der Waals surface area contributed by atoms with Gasteiger partial charge in [0.05, 0.1) is 12.1 Å². The number of nitrogens with one attached hydrogen (secondary N) is 2. The third-order valence-electron chi connectivity index (χ3n) is 3.26. The van der Waals surface area contributed by atoms with Crippen molar-refractivity contribution >= 4 is 23.8 Å². The van der Waals surface area contributed by atoms with E-state index < -0.39 is 24.1 Å². The lowest BCUT2D eigenvalue weighted by atomic mass is 9.93. The molecule has 0 saturated heterocycles. The number of hydrogen-bond acceptors (Lipinski definition) is 4. The van der Waals surface area contributed by atoms with Gasteiger partial charge in [0.1, 0.15) is 6.04 Å². The topological polar surface area (TPSA) is 98.7 Å². The number of thioether (sulfide) groups is 1. The highest BCUT2D eigenvalue weighted by molar-refractivity contribution is 7.98. The summed E-state index contributed by atoms with van der Waals surface area (Å²) in [6.45, 7) is 0. The van der Waals surface area contributed by atoms with Crippen LogP contribution in [-0.4, -0.2) is 52.4 Å². The van der Waals surface area contributed by atoms with Gasteiger partial charge in [0.15, 0.2) is 0 Å². The average Bonchev–Trinajstić information content (AvgIpc) is 2.37. The van der Waals surface area contributed by atoms with E-state index in [1.807, 2.05) is 6.26 Å². The van der Waals surface area contributed by atoms with Crippen LogP contribution < -0.4 is 10.6 Å². The van der Waals surface area contributed by atoms with E-state index in [9.17, 15) is 14.7 Å². The molecule has 1 rings (SSSR count). The van der Waals surface area contributed by atoms with Gasteiger partial charge in [-0.15, -0.1) is 0 Å². The van der Waals surface area contributed by atoms with E-state index in [4.69, 9.17) is 5.11 Å². The second-order valence-corrected chi connectivity index (χ2v) is 5.73. The fourth-order valence-electron chi connectivity index (χ4n) is 2.14. The molecule has 6 nitrogen and oxygen atoms in total. The lowest BCUT2D eigenvalue weighted by Crippen LogP contribution is -2.52. The van der Waals surface area contributed by atoms with Gasteiger partial charge in [0.25, 0.3) is 0 Å². The number of aliphatic hydroxyl groups excluding tert-OH is 1. The molecule has 3 atom stereocenters. The van der Waals surface area contributed by atoms with Crippen molar-refractivity contribution in [3.05, 3.63) is 0 Å². The van der Waals surface area contributed by atoms with Crippen molar-refractivity contribution in [1.82, 2.24) is 10.6 Å². The van der Waals surface area contributed by atoms with Gasteiger partial charge in [0.2, 0.25) is 0 Å². The van der Waals surface area contributed by atoms with Gasteiger partial charge in [0, 0.05) is 0 Å². The zero-order chi connectivity index (χ0) is 14.3. The summed E-state index contributed by atoms with van der Waals surface area (Å²) >= 11 is 1.54. The van der Waals surface area contributed by atoms with Crippen LogP contribution in [-0.2, 0) is 4.79 Å². The molecule has 2 amide bonds. The predicted molar refractivity (Wildman–Crippen MR) is 74.4 cm³/mol. The molecule has 19 heavy (non-hydrogen) atoms. The van der Waals surface area contributed by atoms with Crippen LogP contribution in [0.15, 0.2) is 0 Å². The molecule has 4 N–H and O–H groups in total. The molecule has 7 heteroatoms. The summed E-state index contributed by atoms with van der Waals surface area (Å²) in [7, 11) is 0. The van der Waals surface area contributed by atoms with Crippen LogP contribution in [0.2, 0.25) is 0 Å². The first-order valence-corrected chi connectivity index (χ1v) is 7.90. The molecule has 110 valence electrons. The Kier molecular flexibility index (Phi) is 7.01. The van der Waals surface area contributed by atoms with E-state index in [-0.39, 0.29) is 6.04 Å². The van der Waals surface area contributed by atoms with Crippen LogP contribution in [0.4, 0.5) is 4.79 Å². The van der Waals surface area contributed by atoms with Crippen LogP contribution in [0.5, 0.6) is 0 Å². The maximum atomic E-state index is 11.7. The number of carbonyl (C=O) groups is 2. The molecule has 1 aliphatic rings. The highest BCUT2D eigenvalue weighted by atomic mass is 32.2. The summed E-state index contributed by atoms with van der Waals surface area (Å²) in [6, 6.07) is -1.67. The number of hydrogen-bond donors (Lipinski definition) is 4. The quantitative estimate of drug-likeness (QED) is 0.580. The molecule has 0 radical (unpaired) electrons. The van der Waals surface area contributed by atoms with Gasteiger partial charge in [-0.25, -0.2) is 9.59 Å². The number of rotatable bonds is 6. The lowest BCUT2D eigenvalue weighted by Gasteiger charge is -2.28. The number of carboxylic acid groups (broad SMARTS) is 1. The largest absolute Gasteiger partial charge is 0.480 e. The SMILES string of the molecule is CSCC[C@H](NC(=O)NC1CCCCC1O)C(=O)O. The Morgan fingerprint density at radius 3 is 2.63 bits per heavy atom. The minimum absolute atomic E-state index is 0.274. The third kappa shape index (κ3) is 5.69. The number of urea groups is 1. The number of aliphatic carboxylic acids is 1. The van der Waals surface area contributed by atoms with Crippen molar-refractivity contribution in [2.75, 3.05) is 12.0 Å². The molecule has 0 aliphatic heterocycles. The van der Waals surface area contributed by atoms with Crippen molar-refractivity contribution < 1.29 is 19.8 Å². The Morgan fingerprint density at radius 2 is 2.05 bits per heavy atom. The third-order valence-corrected chi connectivity index (χ3v) is 3.90. The van der Waals surface area contributed by atoms with Crippen LogP contribution >= 0.6 is 11.8 Å². The molecule has 0 aromatic carbocycles. The van der Waals surface area contributed by atoms with Crippen LogP contribution in [0.1, 0.15) is 32.1 Å². The highest BCUT2D eigenvalue weighted by Crippen LogP contribution is 2.18. The first-order valence-electron chi connectivity index (χ1n) is 6.51. The standard InChI is InChI=1S/C12H22N2O4S/c1-19-7-6-9(11(16)17)14-12(18)13-8-4-2-3-5-10(8)15/h8-10,15H,2-7H2,1H3,(H,16,17)(H2,13,14,18)/t8?,9-,10?/m0/s1. The minimum Gasteiger partial charge on any atom is -0.480 e. The highest BCUT2D eigenvalue weighted by Gasteiger charge is 2.26. The van der Waals surface area contributed by atoms with E-state index in [1.165, 1.54) is 11.8 Å². The molecular formula is C12H22N2O4S. The molecule has 0 aromatic heterocycles. The summed E-state index contributed by atoms with van der Waals surface area (Å²) in [5.74, 6) is -0.364. The summed E-state index contributed by atoms with van der Waals surface area (Å²) < 4.78 is 0. The zero-order valence-corrected chi connectivity index (χ0v) is 11.9. The Labute approximate surface area is 117 Å². The maximum absolute atomic E-state index is 11.7. The Balaban J connectivity index is 2.40. The average molecular weight is 290 g/mol. The zero-order valence-electron chi connectivity index (χ0n) is 11.1. The molecule has 1 aliphatic carbocycles. The van der Waals surface area contributed by atoms with Crippen LogP contribution in [0.3, 0.4) is 0 Å². The van der Waals surface area contributed by atoms with Crippen LogP contribution in [0, 0.1) is 0 Å². The van der Waals surface area contributed by atoms with E-state index in [0.717, 1.165) is 19.3 Å². The molecule has 1 saturated carbocycles. The molecule has 2 unspecified atom stereocenters. The summed E-state index contributed by atoms with van der Waals surface area (Å²) in [6.07, 6.45) is 5.09. The monoisotopic (exact) mass is 290 g/mol. The van der Waals surface area contributed by atoms with Gasteiger partial charge in [-0.05, 0) is 31.3 Å². The predicted octanol–water partition coefficient (Wildman–Crippen LogP) is 0.795. The first-order chi connectivity index (χ1) is 9.04. The molecule has 0 heterocycles. The maximum Gasteiger partial charge on any atom is 0.326 e. The van der Waals surface area contributed by atoms with Crippen LogP contribution in [0.25, 0.3) is 0 Å². The first kappa shape index (κ1) is 16.1.